The van der Waals surface area contributed by atoms with Gasteiger partial charge in [0.25, 0.3) is 0 Å². The van der Waals surface area contributed by atoms with Gasteiger partial charge in [-0.2, -0.15) is 12.7 Å². The molecule has 39 heavy (non-hydrogen) atoms. The van der Waals surface area contributed by atoms with Crippen molar-refractivity contribution in [3.05, 3.63) is 99.8 Å². The lowest BCUT2D eigenvalue weighted by atomic mass is 10.0. The fourth-order valence-electron chi connectivity index (χ4n) is 3.91. The van der Waals surface area contributed by atoms with E-state index in [9.17, 15) is 22.4 Å². The minimum absolute atomic E-state index is 0.0895. The molecule has 3 rings (SSSR count). The van der Waals surface area contributed by atoms with Crippen LogP contribution in [0.5, 0.6) is 0 Å². The number of nitrogens with one attached hydrogen (secondary N) is 1. The van der Waals surface area contributed by atoms with Crippen LogP contribution in [0.4, 0.5) is 10.1 Å². The Balaban J connectivity index is 2.09. The van der Waals surface area contributed by atoms with Gasteiger partial charge in [0.2, 0.25) is 11.8 Å². The van der Waals surface area contributed by atoms with Crippen LogP contribution < -0.4 is 9.62 Å². The van der Waals surface area contributed by atoms with Crippen LogP contribution in [0.1, 0.15) is 11.1 Å². The standard InChI is InChI=1S/C27H29Cl2FN4O4S/c1-31-27(36)25(16-19-9-5-4-6-10-19)33(17-20-13-14-21(28)22(29)15-20)26(35)18-34(39(37,38)32(2)3)24-12-8-7-11-23(24)30/h4-15,25H,16-18H2,1-3H3,(H,31,36)/t25-/m0/s1. The number of amides is 2. The average molecular weight is 596 g/mol. The Morgan fingerprint density at radius 2 is 1.56 bits per heavy atom. The Bertz CT molecular complexity index is 1420. The van der Waals surface area contributed by atoms with Gasteiger partial charge < -0.3 is 10.2 Å². The van der Waals surface area contributed by atoms with Crippen LogP contribution in [0.15, 0.2) is 72.8 Å². The lowest BCUT2D eigenvalue weighted by Crippen LogP contribution is -2.54. The number of carbonyl (C=O) groups excluding carboxylic acids is 2. The lowest BCUT2D eigenvalue weighted by Gasteiger charge is -2.34. The Hall–Kier alpha value is -3.18. The van der Waals surface area contributed by atoms with Gasteiger partial charge >= 0.3 is 10.2 Å². The molecule has 12 heteroatoms. The Kier molecular flexibility index (Phi) is 10.3. The van der Waals surface area contributed by atoms with Crippen molar-refractivity contribution in [2.75, 3.05) is 32.0 Å². The van der Waals surface area contributed by atoms with Crippen molar-refractivity contribution >= 4 is 50.9 Å². The molecule has 3 aromatic carbocycles. The third-order valence-corrected chi connectivity index (χ3v) is 8.54. The van der Waals surface area contributed by atoms with Crippen LogP contribution >= 0.6 is 23.2 Å². The van der Waals surface area contributed by atoms with Gasteiger partial charge in [0.1, 0.15) is 18.4 Å². The first-order valence-electron chi connectivity index (χ1n) is 11.9. The van der Waals surface area contributed by atoms with E-state index in [-0.39, 0.29) is 23.7 Å². The van der Waals surface area contributed by atoms with Crippen molar-refractivity contribution in [3.63, 3.8) is 0 Å². The molecule has 2 amide bonds. The normalized spacial score (nSPS) is 12.2. The first-order valence-corrected chi connectivity index (χ1v) is 14.0. The summed E-state index contributed by atoms with van der Waals surface area (Å²) in [7, 11) is -0.287. The van der Waals surface area contributed by atoms with Gasteiger partial charge in [-0.3, -0.25) is 9.59 Å². The molecule has 0 aliphatic heterocycles. The molecule has 0 aliphatic rings. The van der Waals surface area contributed by atoms with E-state index >= 15 is 0 Å². The van der Waals surface area contributed by atoms with Crippen molar-refractivity contribution in [1.29, 1.82) is 0 Å². The molecule has 0 saturated carbocycles. The van der Waals surface area contributed by atoms with Crippen LogP contribution in [0.3, 0.4) is 0 Å². The molecule has 0 aliphatic carbocycles. The second kappa shape index (κ2) is 13.3. The summed E-state index contributed by atoms with van der Waals surface area (Å²) in [6.45, 7) is -0.848. The van der Waals surface area contributed by atoms with E-state index in [0.29, 0.717) is 14.9 Å². The summed E-state index contributed by atoms with van der Waals surface area (Å²) in [6, 6.07) is 18.1. The SMILES string of the molecule is CNC(=O)[C@H](Cc1ccccc1)N(Cc1ccc(Cl)c(Cl)c1)C(=O)CN(c1ccccc1F)S(=O)(=O)N(C)C. The highest BCUT2D eigenvalue weighted by atomic mass is 35.5. The molecular formula is C27H29Cl2FN4O4S. The Morgan fingerprint density at radius 1 is 0.923 bits per heavy atom. The monoisotopic (exact) mass is 594 g/mol. The molecule has 0 saturated heterocycles. The fraction of sp³-hybridized carbons (Fsp3) is 0.259. The van der Waals surface area contributed by atoms with Crippen molar-refractivity contribution in [1.82, 2.24) is 14.5 Å². The van der Waals surface area contributed by atoms with Crippen LogP contribution in [0.25, 0.3) is 0 Å². The lowest BCUT2D eigenvalue weighted by molar-refractivity contribution is -0.139. The minimum Gasteiger partial charge on any atom is -0.357 e. The van der Waals surface area contributed by atoms with Gasteiger partial charge in [0, 0.05) is 34.1 Å². The second-order valence-electron chi connectivity index (χ2n) is 8.84. The summed E-state index contributed by atoms with van der Waals surface area (Å²) in [5.41, 5.74) is 1.05. The third kappa shape index (κ3) is 7.48. The van der Waals surface area contributed by atoms with E-state index in [0.717, 1.165) is 15.9 Å². The van der Waals surface area contributed by atoms with Crippen molar-refractivity contribution in [3.8, 4) is 0 Å². The molecule has 0 spiro atoms. The fourth-order valence-corrected chi connectivity index (χ4v) is 5.30. The summed E-state index contributed by atoms with van der Waals surface area (Å²) >= 11 is 12.3. The number of hydrogen-bond acceptors (Lipinski definition) is 4. The Morgan fingerprint density at radius 3 is 2.15 bits per heavy atom. The van der Waals surface area contributed by atoms with E-state index in [1.165, 1.54) is 44.2 Å². The third-order valence-electron chi connectivity index (χ3n) is 5.99. The predicted molar refractivity (Wildman–Crippen MR) is 151 cm³/mol. The van der Waals surface area contributed by atoms with Gasteiger partial charge in [-0.05, 0) is 35.4 Å². The molecular weight excluding hydrogens is 566 g/mol. The van der Waals surface area contributed by atoms with Crippen LogP contribution in [0, 0.1) is 5.82 Å². The van der Waals surface area contributed by atoms with Crippen LogP contribution in [-0.4, -0.2) is 63.2 Å². The van der Waals surface area contributed by atoms with E-state index in [1.807, 2.05) is 30.3 Å². The van der Waals surface area contributed by atoms with Crippen molar-refractivity contribution < 1.29 is 22.4 Å². The zero-order chi connectivity index (χ0) is 28.7. The molecule has 0 bridgehead atoms. The van der Waals surface area contributed by atoms with Crippen LogP contribution in [-0.2, 0) is 32.8 Å². The Labute approximate surface area is 238 Å². The topological polar surface area (TPSA) is 90.0 Å². The van der Waals surface area contributed by atoms with Gasteiger partial charge in [0.05, 0.1) is 15.7 Å². The number of hydrogen-bond donors (Lipinski definition) is 1. The molecule has 1 N–H and O–H groups in total. The molecule has 0 fully saturated rings. The molecule has 0 radical (unpaired) electrons. The summed E-state index contributed by atoms with van der Waals surface area (Å²) in [5.74, 6) is -2.00. The van der Waals surface area contributed by atoms with Gasteiger partial charge in [-0.25, -0.2) is 8.70 Å². The molecule has 1 atom stereocenters. The maximum atomic E-state index is 14.8. The summed E-state index contributed by atoms with van der Waals surface area (Å²) in [6.07, 6.45) is 0.147. The summed E-state index contributed by atoms with van der Waals surface area (Å²) in [5, 5.41) is 3.16. The van der Waals surface area contributed by atoms with E-state index < -0.39 is 40.4 Å². The second-order valence-corrected chi connectivity index (χ2v) is 11.7. The highest BCUT2D eigenvalue weighted by Gasteiger charge is 2.35. The number of nitrogens with zero attached hydrogens (tertiary/aromatic N) is 3. The zero-order valence-corrected chi connectivity index (χ0v) is 24.0. The number of para-hydroxylation sites is 1. The van der Waals surface area contributed by atoms with Crippen molar-refractivity contribution in [2.24, 2.45) is 0 Å². The molecule has 208 valence electrons. The van der Waals surface area contributed by atoms with Gasteiger partial charge in [0.15, 0.2) is 0 Å². The number of carbonyl (C=O) groups is 2. The number of anilines is 1. The highest BCUT2D eigenvalue weighted by Crippen LogP contribution is 2.26. The maximum Gasteiger partial charge on any atom is 0.304 e. The molecule has 8 nitrogen and oxygen atoms in total. The quantitative estimate of drug-likeness (QED) is 0.361. The summed E-state index contributed by atoms with van der Waals surface area (Å²) < 4.78 is 42.8. The zero-order valence-electron chi connectivity index (χ0n) is 21.6. The number of halogens is 3. The van der Waals surface area contributed by atoms with Crippen LogP contribution in [0.2, 0.25) is 10.0 Å². The predicted octanol–water partition coefficient (Wildman–Crippen LogP) is 4.13. The largest absolute Gasteiger partial charge is 0.357 e. The number of benzene rings is 3. The smallest absolute Gasteiger partial charge is 0.304 e. The van der Waals surface area contributed by atoms with Crippen molar-refractivity contribution in [2.45, 2.75) is 19.0 Å². The van der Waals surface area contributed by atoms with Gasteiger partial charge in [-0.15, -0.1) is 0 Å². The first kappa shape index (κ1) is 30.4. The average Bonchev–Trinajstić information content (AvgIpc) is 2.91. The molecule has 0 unspecified atom stereocenters. The first-order chi connectivity index (χ1) is 18.4. The number of likely N-dealkylation sites (N-methyl/N-ethyl adjacent to an activating group) is 1. The van der Waals surface area contributed by atoms with Gasteiger partial charge in [-0.1, -0.05) is 71.7 Å². The molecule has 3 aromatic rings. The maximum absolute atomic E-state index is 14.8. The number of rotatable bonds is 11. The summed E-state index contributed by atoms with van der Waals surface area (Å²) in [4.78, 5) is 28.4. The molecule has 0 aromatic heterocycles. The molecule has 0 heterocycles. The van der Waals surface area contributed by atoms with E-state index in [1.54, 1.807) is 18.2 Å². The van der Waals surface area contributed by atoms with E-state index in [4.69, 9.17) is 23.2 Å². The van der Waals surface area contributed by atoms with E-state index in [2.05, 4.69) is 5.32 Å². The highest BCUT2D eigenvalue weighted by molar-refractivity contribution is 7.90. The minimum atomic E-state index is -4.30.